The number of imidazole rings is 1. The van der Waals surface area contributed by atoms with Crippen LogP contribution in [0, 0.1) is 0 Å². The van der Waals surface area contributed by atoms with E-state index in [9.17, 15) is 4.79 Å². The number of fused-ring (bicyclic) bond motifs is 1. The first-order valence-corrected chi connectivity index (χ1v) is 11.6. The Morgan fingerprint density at radius 3 is 2.19 bits per heavy atom. The second-order valence-corrected chi connectivity index (χ2v) is 8.40. The SMILES string of the molecule is COc1ccc(-c2cn3c(CC(=O)NCc4cc(OC)c(OC)c(OC)c4)csc3n2)cc1OC.Cl. The molecule has 1 amide bonds. The summed E-state index contributed by atoms with van der Waals surface area (Å²) in [4.78, 5) is 18.2. The molecular weight excluding hydrogens is 506 g/mol. The fourth-order valence-corrected chi connectivity index (χ4v) is 4.63. The number of hydrogen-bond donors (Lipinski definition) is 1. The Kier molecular flexibility index (Phi) is 8.89. The smallest absolute Gasteiger partial charge is 0.226 e. The number of hydrogen-bond acceptors (Lipinski definition) is 8. The number of nitrogens with one attached hydrogen (secondary N) is 1. The third-order valence-electron chi connectivity index (χ3n) is 5.52. The van der Waals surface area contributed by atoms with Gasteiger partial charge in [-0.1, -0.05) is 0 Å². The van der Waals surface area contributed by atoms with Crippen molar-refractivity contribution in [3.63, 3.8) is 0 Å². The average molecular weight is 534 g/mol. The van der Waals surface area contributed by atoms with Gasteiger partial charge in [0.2, 0.25) is 11.7 Å². The van der Waals surface area contributed by atoms with Crippen LogP contribution in [0.2, 0.25) is 0 Å². The van der Waals surface area contributed by atoms with Gasteiger partial charge in [-0.2, -0.15) is 0 Å². The van der Waals surface area contributed by atoms with Gasteiger partial charge in [-0.3, -0.25) is 9.20 Å². The molecule has 0 aliphatic heterocycles. The second-order valence-electron chi connectivity index (χ2n) is 7.56. The molecule has 1 N–H and O–H groups in total. The number of aromatic nitrogens is 2. The predicted molar refractivity (Wildman–Crippen MR) is 141 cm³/mol. The zero-order valence-corrected chi connectivity index (χ0v) is 22.2. The Balaban J connectivity index is 0.00000361. The predicted octanol–water partition coefficient (Wildman–Crippen LogP) is 4.39. The lowest BCUT2D eigenvalue weighted by molar-refractivity contribution is -0.120. The molecule has 36 heavy (non-hydrogen) atoms. The number of halogens is 1. The zero-order chi connectivity index (χ0) is 24.9. The molecule has 0 saturated carbocycles. The van der Waals surface area contributed by atoms with Gasteiger partial charge in [0.25, 0.3) is 0 Å². The van der Waals surface area contributed by atoms with Crippen LogP contribution < -0.4 is 29.0 Å². The highest BCUT2D eigenvalue weighted by Crippen LogP contribution is 2.38. The Bertz CT molecular complexity index is 1330. The molecule has 0 radical (unpaired) electrons. The van der Waals surface area contributed by atoms with E-state index in [1.165, 1.54) is 11.3 Å². The van der Waals surface area contributed by atoms with Crippen molar-refractivity contribution in [3.8, 4) is 40.0 Å². The van der Waals surface area contributed by atoms with E-state index in [1.807, 2.05) is 46.3 Å². The molecule has 0 bridgehead atoms. The number of carbonyl (C=O) groups excluding carboxylic acids is 1. The molecule has 2 heterocycles. The third kappa shape index (κ3) is 5.44. The molecule has 4 rings (SSSR count). The van der Waals surface area contributed by atoms with Gasteiger partial charge in [0.05, 0.1) is 47.7 Å². The molecule has 11 heteroatoms. The summed E-state index contributed by atoms with van der Waals surface area (Å²) >= 11 is 1.49. The molecule has 0 spiro atoms. The van der Waals surface area contributed by atoms with Crippen molar-refractivity contribution < 1.29 is 28.5 Å². The number of benzene rings is 2. The molecule has 0 saturated heterocycles. The Labute approximate surface area is 219 Å². The average Bonchev–Trinajstić information content (AvgIpc) is 3.48. The molecule has 0 fully saturated rings. The zero-order valence-electron chi connectivity index (χ0n) is 20.6. The monoisotopic (exact) mass is 533 g/mol. The molecule has 0 atom stereocenters. The number of amides is 1. The number of ether oxygens (including phenoxy) is 5. The number of methoxy groups -OCH3 is 5. The van der Waals surface area contributed by atoms with Gasteiger partial charge in [0.15, 0.2) is 28.0 Å². The lowest BCUT2D eigenvalue weighted by atomic mass is 10.1. The van der Waals surface area contributed by atoms with Crippen LogP contribution in [0.4, 0.5) is 0 Å². The van der Waals surface area contributed by atoms with Crippen molar-refractivity contribution in [2.45, 2.75) is 13.0 Å². The highest BCUT2D eigenvalue weighted by Gasteiger charge is 2.16. The number of thiazole rings is 1. The summed E-state index contributed by atoms with van der Waals surface area (Å²) in [6.45, 7) is 0.323. The van der Waals surface area contributed by atoms with Crippen LogP contribution in [0.5, 0.6) is 28.7 Å². The van der Waals surface area contributed by atoms with Gasteiger partial charge in [-0.25, -0.2) is 4.98 Å². The molecule has 0 unspecified atom stereocenters. The fraction of sp³-hybridized carbons (Fsp3) is 0.280. The summed E-state index contributed by atoms with van der Waals surface area (Å²) in [6, 6.07) is 9.29. The van der Waals surface area contributed by atoms with E-state index >= 15 is 0 Å². The van der Waals surface area contributed by atoms with E-state index < -0.39 is 0 Å². The van der Waals surface area contributed by atoms with Gasteiger partial charge >= 0.3 is 0 Å². The fourth-order valence-electron chi connectivity index (χ4n) is 3.76. The largest absolute Gasteiger partial charge is 0.493 e. The van der Waals surface area contributed by atoms with E-state index in [0.29, 0.717) is 35.3 Å². The maximum Gasteiger partial charge on any atom is 0.226 e. The van der Waals surface area contributed by atoms with Crippen molar-refractivity contribution in [1.82, 2.24) is 14.7 Å². The summed E-state index contributed by atoms with van der Waals surface area (Å²) < 4.78 is 28.8. The Morgan fingerprint density at radius 2 is 1.58 bits per heavy atom. The van der Waals surface area contributed by atoms with Crippen molar-refractivity contribution in [2.75, 3.05) is 35.5 Å². The summed E-state index contributed by atoms with van der Waals surface area (Å²) in [5.41, 5.74) is 3.38. The lowest BCUT2D eigenvalue weighted by Crippen LogP contribution is -2.25. The first kappa shape index (κ1) is 27.0. The van der Waals surface area contributed by atoms with Crippen LogP contribution in [-0.2, 0) is 17.8 Å². The number of nitrogens with zero attached hydrogens (tertiary/aromatic N) is 2. The van der Waals surface area contributed by atoms with E-state index in [1.54, 1.807) is 35.5 Å². The van der Waals surface area contributed by atoms with Crippen LogP contribution in [-0.4, -0.2) is 50.8 Å². The van der Waals surface area contributed by atoms with Crippen molar-refractivity contribution in [3.05, 3.63) is 53.2 Å². The van der Waals surface area contributed by atoms with Crippen LogP contribution in [0.15, 0.2) is 41.9 Å². The van der Waals surface area contributed by atoms with Crippen LogP contribution >= 0.6 is 23.7 Å². The first-order valence-electron chi connectivity index (χ1n) is 10.7. The van der Waals surface area contributed by atoms with Gasteiger partial charge in [-0.15, -0.1) is 23.7 Å². The Hall–Kier alpha value is -3.63. The van der Waals surface area contributed by atoms with Crippen molar-refractivity contribution >= 4 is 34.6 Å². The lowest BCUT2D eigenvalue weighted by Gasteiger charge is -2.14. The summed E-state index contributed by atoms with van der Waals surface area (Å²) in [7, 11) is 7.87. The number of rotatable bonds is 10. The van der Waals surface area contributed by atoms with E-state index in [4.69, 9.17) is 28.7 Å². The van der Waals surface area contributed by atoms with E-state index in [2.05, 4.69) is 5.32 Å². The molecule has 2 aromatic heterocycles. The van der Waals surface area contributed by atoms with E-state index in [0.717, 1.165) is 27.5 Å². The topological polar surface area (TPSA) is 92.6 Å². The van der Waals surface area contributed by atoms with Gasteiger partial charge in [0, 0.05) is 29.4 Å². The minimum absolute atomic E-state index is 0. The molecule has 192 valence electrons. The van der Waals surface area contributed by atoms with Crippen LogP contribution in [0.1, 0.15) is 11.3 Å². The summed E-state index contributed by atoms with van der Waals surface area (Å²) in [5.74, 6) is 2.76. The molecular formula is C25H28ClN3O6S. The van der Waals surface area contributed by atoms with Gasteiger partial charge in [-0.05, 0) is 35.9 Å². The maximum atomic E-state index is 12.7. The van der Waals surface area contributed by atoms with Crippen LogP contribution in [0.3, 0.4) is 0 Å². The highest BCUT2D eigenvalue weighted by atomic mass is 35.5. The molecule has 4 aromatic rings. The third-order valence-corrected chi connectivity index (χ3v) is 6.41. The minimum Gasteiger partial charge on any atom is -0.493 e. The quantitative estimate of drug-likeness (QED) is 0.323. The summed E-state index contributed by atoms with van der Waals surface area (Å²) in [5, 5.41) is 4.90. The Morgan fingerprint density at radius 1 is 0.917 bits per heavy atom. The maximum absolute atomic E-state index is 12.7. The van der Waals surface area contributed by atoms with Gasteiger partial charge < -0.3 is 29.0 Å². The molecule has 0 aliphatic carbocycles. The number of carbonyl (C=O) groups is 1. The standard InChI is InChI=1S/C25H27N3O6S.ClH/c1-30-19-7-6-16(10-20(19)31-2)18-13-28-17(14-35-25(28)27-18)11-23(29)26-12-15-8-21(32-3)24(34-5)22(9-15)33-4;/h6-10,13-14H,11-12H2,1-5H3,(H,26,29);1H. The van der Waals surface area contributed by atoms with Crippen LogP contribution in [0.25, 0.3) is 16.2 Å². The summed E-state index contributed by atoms with van der Waals surface area (Å²) in [6.07, 6.45) is 2.14. The van der Waals surface area contributed by atoms with Crippen molar-refractivity contribution in [2.24, 2.45) is 0 Å². The minimum atomic E-state index is -0.111. The molecule has 2 aromatic carbocycles. The van der Waals surface area contributed by atoms with Gasteiger partial charge in [0.1, 0.15) is 0 Å². The second kappa shape index (κ2) is 11.9. The van der Waals surface area contributed by atoms with Crippen molar-refractivity contribution in [1.29, 1.82) is 0 Å². The molecule has 0 aliphatic rings. The molecule has 9 nitrogen and oxygen atoms in total. The highest BCUT2D eigenvalue weighted by molar-refractivity contribution is 7.15. The first-order chi connectivity index (χ1) is 17.0. The normalized spacial score (nSPS) is 10.5. The van der Waals surface area contributed by atoms with E-state index in [-0.39, 0.29) is 24.7 Å².